The van der Waals surface area contributed by atoms with Gasteiger partial charge in [0, 0.05) is 30.9 Å². The van der Waals surface area contributed by atoms with Crippen LogP contribution in [-0.2, 0) is 11.2 Å². The SMILES string of the molecule is O=C(c1ccncc1)N1CCO[C@@](CO)(Cc2ccccc2F)C1. The molecular weight excluding hydrogens is 311 g/mol. The van der Waals surface area contributed by atoms with E-state index in [-0.39, 0.29) is 31.3 Å². The van der Waals surface area contributed by atoms with Gasteiger partial charge in [0.2, 0.25) is 0 Å². The average molecular weight is 330 g/mol. The monoisotopic (exact) mass is 330 g/mol. The Hall–Kier alpha value is -2.31. The molecule has 1 fully saturated rings. The Labute approximate surface area is 139 Å². The second-order valence-corrected chi connectivity index (χ2v) is 5.92. The van der Waals surface area contributed by atoms with Crippen LogP contribution in [0.2, 0.25) is 0 Å². The van der Waals surface area contributed by atoms with E-state index < -0.39 is 5.60 Å². The minimum atomic E-state index is -0.997. The maximum absolute atomic E-state index is 13.9. The fourth-order valence-corrected chi connectivity index (χ4v) is 2.94. The Morgan fingerprint density at radius 2 is 2.04 bits per heavy atom. The van der Waals surface area contributed by atoms with Gasteiger partial charge in [-0.05, 0) is 23.8 Å². The number of aliphatic hydroxyl groups is 1. The van der Waals surface area contributed by atoms with E-state index in [2.05, 4.69) is 4.98 Å². The van der Waals surface area contributed by atoms with Gasteiger partial charge in [-0.2, -0.15) is 0 Å². The first-order chi connectivity index (χ1) is 11.6. The van der Waals surface area contributed by atoms with Crippen LogP contribution in [0.5, 0.6) is 0 Å². The lowest BCUT2D eigenvalue weighted by atomic mass is 9.92. The summed E-state index contributed by atoms with van der Waals surface area (Å²) in [4.78, 5) is 18.2. The van der Waals surface area contributed by atoms with Crippen molar-refractivity contribution in [3.8, 4) is 0 Å². The lowest BCUT2D eigenvalue weighted by molar-refractivity contribution is -0.123. The molecule has 3 rings (SSSR count). The summed E-state index contributed by atoms with van der Waals surface area (Å²) in [7, 11) is 0. The van der Waals surface area contributed by atoms with Gasteiger partial charge in [0.15, 0.2) is 0 Å². The van der Waals surface area contributed by atoms with E-state index in [0.717, 1.165) is 0 Å². The summed E-state index contributed by atoms with van der Waals surface area (Å²) < 4.78 is 19.7. The highest BCUT2D eigenvalue weighted by Crippen LogP contribution is 2.25. The standard InChI is InChI=1S/C18H19FN2O3/c19-16-4-2-1-3-15(16)11-18(13-22)12-21(9-10-24-18)17(23)14-5-7-20-8-6-14/h1-8,22H,9-13H2/t18-/m0/s1. The summed E-state index contributed by atoms with van der Waals surface area (Å²) in [6.45, 7) is 0.645. The average Bonchev–Trinajstić information content (AvgIpc) is 2.64. The minimum Gasteiger partial charge on any atom is -0.393 e. The Bertz CT molecular complexity index is 710. The van der Waals surface area contributed by atoms with Crippen molar-refractivity contribution in [3.05, 3.63) is 65.7 Å². The number of pyridine rings is 1. The minimum absolute atomic E-state index is 0.146. The highest BCUT2D eigenvalue weighted by Gasteiger charge is 2.38. The van der Waals surface area contributed by atoms with Gasteiger partial charge < -0.3 is 14.7 Å². The van der Waals surface area contributed by atoms with Crippen molar-refractivity contribution in [2.45, 2.75) is 12.0 Å². The molecule has 0 aliphatic carbocycles. The lowest BCUT2D eigenvalue weighted by Crippen LogP contribution is -2.56. The van der Waals surface area contributed by atoms with E-state index >= 15 is 0 Å². The number of amides is 1. The Balaban J connectivity index is 1.79. The number of aromatic nitrogens is 1. The van der Waals surface area contributed by atoms with E-state index in [1.54, 1.807) is 47.6 Å². The van der Waals surface area contributed by atoms with E-state index in [4.69, 9.17) is 4.74 Å². The number of ether oxygens (including phenoxy) is 1. The molecule has 1 aromatic carbocycles. The molecule has 0 unspecified atom stereocenters. The number of aliphatic hydroxyl groups excluding tert-OH is 1. The fraction of sp³-hybridized carbons (Fsp3) is 0.333. The molecule has 2 heterocycles. The van der Waals surface area contributed by atoms with Crippen LogP contribution in [0.25, 0.3) is 0 Å². The van der Waals surface area contributed by atoms with Crippen molar-refractivity contribution >= 4 is 5.91 Å². The first-order valence-corrected chi connectivity index (χ1v) is 7.81. The van der Waals surface area contributed by atoms with Crippen molar-refractivity contribution in [1.82, 2.24) is 9.88 Å². The van der Waals surface area contributed by atoms with Crippen molar-refractivity contribution < 1.29 is 19.0 Å². The smallest absolute Gasteiger partial charge is 0.254 e. The van der Waals surface area contributed by atoms with Gasteiger partial charge in [-0.1, -0.05) is 18.2 Å². The van der Waals surface area contributed by atoms with E-state index in [9.17, 15) is 14.3 Å². The number of morpholine rings is 1. The normalized spacial score (nSPS) is 20.8. The molecule has 1 amide bonds. The summed E-state index contributed by atoms with van der Waals surface area (Å²) in [5, 5.41) is 9.87. The Kier molecular flexibility index (Phi) is 4.87. The lowest BCUT2D eigenvalue weighted by Gasteiger charge is -2.42. The molecular formula is C18H19FN2O3. The topological polar surface area (TPSA) is 62.7 Å². The number of carbonyl (C=O) groups is 1. The molecule has 24 heavy (non-hydrogen) atoms. The van der Waals surface area contributed by atoms with Crippen LogP contribution in [-0.4, -0.2) is 52.8 Å². The van der Waals surface area contributed by atoms with Gasteiger partial charge in [0.05, 0.1) is 19.8 Å². The maximum Gasteiger partial charge on any atom is 0.254 e. The summed E-state index contributed by atoms with van der Waals surface area (Å²) >= 11 is 0. The van der Waals surface area contributed by atoms with Crippen LogP contribution in [0.15, 0.2) is 48.8 Å². The second kappa shape index (κ2) is 7.07. The summed E-state index contributed by atoms with van der Waals surface area (Å²) in [5.74, 6) is -0.487. The first-order valence-electron chi connectivity index (χ1n) is 7.81. The highest BCUT2D eigenvalue weighted by molar-refractivity contribution is 5.94. The predicted molar refractivity (Wildman–Crippen MR) is 86.0 cm³/mol. The van der Waals surface area contributed by atoms with Gasteiger partial charge in [0.1, 0.15) is 11.4 Å². The summed E-state index contributed by atoms with van der Waals surface area (Å²) in [5.41, 5.74) is -0.00208. The zero-order valence-electron chi connectivity index (χ0n) is 13.2. The molecule has 6 heteroatoms. The van der Waals surface area contributed by atoms with Gasteiger partial charge in [-0.15, -0.1) is 0 Å². The fourth-order valence-electron chi connectivity index (χ4n) is 2.94. The molecule has 1 N–H and O–H groups in total. The van der Waals surface area contributed by atoms with Crippen molar-refractivity contribution in [3.63, 3.8) is 0 Å². The van der Waals surface area contributed by atoms with Crippen molar-refractivity contribution in [2.24, 2.45) is 0 Å². The molecule has 0 saturated carbocycles. The number of rotatable bonds is 4. The van der Waals surface area contributed by atoms with Crippen LogP contribution < -0.4 is 0 Å². The third kappa shape index (κ3) is 3.44. The zero-order valence-corrected chi connectivity index (χ0v) is 13.2. The van der Waals surface area contributed by atoms with Gasteiger partial charge in [0.25, 0.3) is 5.91 Å². The number of halogens is 1. The molecule has 1 aliphatic rings. The van der Waals surface area contributed by atoms with Crippen LogP contribution in [0.1, 0.15) is 15.9 Å². The van der Waals surface area contributed by atoms with Gasteiger partial charge in [-0.3, -0.25) is 9.78 Å². The van der Waals surface area contributed by atoms with Crippen molar-refractivity contribution in [2.75, 3.05) is 26.3 Å². The molecule has 5 nitrogen and oxygen atoms in total. The Morgan fingerprint density at radius 3 is 2.75 bits per heavy atom. The molecule has 1 aromatic heterocycles. The molecule has 0 spiro atoms. The van der Waals surface area contributed by atoms with E-state index in [1.165, 1.54) is 6.07 Å². The van der Waals surface area contributed by atoms with Crippen LogP contribution >= 0.6 is 0 Å². The highest BCUT2D eigenvalue weighted by atomic mass is 19.1. The van der Waals surface area contributed by atoms with E-state index in [1.807, 2.05) is 0 Å². The van der Waals surface area contributed by atoms with Crippen LogP contribution in [0.4, 0.5) is 4.39 Å². The van der Waals surface area contributed by atoms with E-state index in [0.29, 0.717) is 24.3 Å². The van der Waals surface area contributed by atoms with Crippen LogP contribution in [0, 0.1) is 5.82 Å². The van der Waals surface area contributed by atoms with Gasteiger partial charge in [-0.25, -0.2) is 4.39 Å². The molecule has 1 atom stereocenters. The third-order valence-corrected chi connectivity index (χ3v) is 4.22. The number of benzene rings is 1. The maximum atomic E-state index is 13.9. The van der Waals surface area contributed by atoms with Crippen molar-refractivity contribution in [1.29, 1.82) is 0 Å². The quantitative estimate of drug-likeness (QED) is 0.926. The molecule has 2 aromatic rings. The predicted octanol–water partition coefficient (Wildman–Crippen LogP) is 1.67. The number of nitrogens with zero attached hydrogens (tertiary/aromatic N) is 2. The number of hydrogen-bond donors (Lipinski definition) is 1. The largest absolute Gasteiger partial charge is 0.393 e. The molecule has 0 bridgehead atoms. The second-order valence-electron chi connectivity index (χ2n) is 5.92. The first kappa shape index (κ1) is 16.5. The Morgan fingerprint density at radius 1 is 1.29 bits per heavy atom. The number of hydrogen-bond acceptors (Lipinski definition) is 4. The molecule has 126 valence electrons. The molecule has 0 radical (unpaired) electrons. The van der Waals surface area contributed by atoms with Crippen LogP contribution in [0.3, 0.4) is 0 Å². The molecule has 1 aliphatic heterocycles. The number of carbonyl (C=O) groups excluding carboxylic acids is 1. The zero-order chi connectivity index (χ0) is 17.0. The molecule has 1 saturated heterocycles. The van der Waals surface area contributed by atoms with Gasteiger partial charge >= 0.3 is 0 Å². The summed E-state index contributed by atoms with van der Waals surface area (Å²) in [6, 6.07) is 9.70. The third-order valence-electron chi connectivity index (χ3n) is 4.22. The summed E-state index contributed by atoms with van der Waals surface area (Å²) in [6.07, 6.45) is 3.33.